The van der Waals surface area contributed by atoms with Gasteiger partial charge in [-0.05, 0) is 17.7 Å². The first-order valence-corrected chi connectivity index (χ1v) is 4.68. The summed E-state index contributed by atoms with van der Waals surface area (Å²) in [5.74, 6) is -2.52. The molecule has 0 aliphatic rings. The number of hydrogen-bond acceptors (Lipinski definition) is 1. The Hall–Kier alpha value is -1.10. The summed E-state index contributed by atoms with van der Waals surface area (Å²) >= 11 is 0. The molecular formula is C11H12F4O. The summed E-state index contributed by atoms with van der Waals surface area (Å²) < 4.78 is 51.3. The number of benzene rings is 1. The lowest BCUT2D eigenvalue weighted by Gasteiger charge is -2.23. The van der Waals surface area contributed by atoms with Crippen molar-refractivity contribution in [2.75, 3.05) is 6.61 Å². The molecule has 1 aromatic rings. The van der Waals surface area contributed by atoms with E-state index >= 15 is 0 Å². The molecule has 0 unspecified atom stereocenters. The van der Waals surface area contributed by atoms with Crippen molar-refractivity contribution in [1.82, 2.24) is 0 Å². The molecule has 1 rings (SSSR count). The van der Waals surface area contributed by atoms with E-state index < -0.39 is 35.6 Å². The SMILES string of the molecule is CC(C)(CO)c1cc(C(F)F)cc(F)c1F. The summed E-state index contributed by atoms with van der Waals surface area (Å²) in [5, 5.41) is 9.02. The van der Waals surface area contributed by atoms with E-state index in [1.807, 2.05) is 0 Å². The fourth-order valence-corrected chi connectivity index (χ4v) is 1.31. The van der Waals surface area contributed by atoms with Crippen molar-refractivity contribution >= 4 is 0 Å². The maximum absolute atomic E-state index is 13.4. The normalized spacial score (nSPS) is 12.2. The molecule has 0 saturated carbocycles. The molecule has 1 aromatic carbocycles. The Morgan fingerprint density at radius 2 is 1.81 bits per heavy atom. The van der Waals surface area contributed by atoms with Gasteiger partial charge in [0.2, 0.25) is 0 Å². The molecule has 0 aliphatic carbocycles. The zero-order chi connectivity index (χ0) is 12.5. The van der Waals surface area contributed by atoms with Gasteiger partial charge in [0.05, 0.1) is 6.61 Å². The van der Waals surface area contributed by atoms with Crippen molar-refractivity contribution in [2.24, 2.45) is 0 Å². The van der Waals surface area contributed by atoms with Crippen LogP contribution in [-0.2, 0) is 5.41 Å². The van der Waals surface area contributed by atoms with Crippen molar-refractivity contribution in [3.63, 3.8) is 0 Å². The third-order valence-corrected chi connectivity index (χ3v) is 2.43. The molecule has 0 fully saturated rings. The first-order valence-electron chi connectivity index (χ1n) is 4.68. The largest absolute Gasteiger partial charge is 0.395 e. The molecule has 0 aromatic heterocycles. The van der Waals surface area contributed by atoms with E-state index in [0.29, 0.717) is 6.07 Å². The van der Waals surface area contributed by atoms with Crippen LogP contribution >= 0.6 is 0 Å². The monoisotopic (exact) mass is 236 g/mol. The Morgan fingerprint density at radius 1 is 1.25 bits per heavy atom. The number of aliphatic hydroxyl groups is 1. The molecule has 0 amide bonds. The van der Waals surface area contributed by atoms with Crippen LogP contribution in [0.4, 0.5) is 17.6 Å². The van der Waals surface area contributed by atoms with E-state index in [-0.39, 0.29) is 5.56 Å². The van der Waals surface area contributed by atoms with Gasteiger partial charge in [-0.25, -0.2) is 17.6 Å². The molecule has 0 atom stereocenters. The van der Waals surface area contributed by atoms with Gasteiger partial charge in [-0.2, -0.15) is 0 Å². The van der Waals surface area contributed by atoms with E-state index in [1.54, 1.807) is 0 Å². The highest BCUT2D eigenvalue weighted by Gasteiger charge is 2.27. The quantitative estimate of drug-likeness (QED) is 0.799. The van der Waals surface area contributed by atoms with Crippen LogP contribution in [0.25, 0.3) is 0 Å². The highest BCUT2D eigenvalue weighted by atomic mass is 19.3. The third kappa shape index (κ3) is 2.35. The van der Waals surface area contributed by atoms with Gasteiger partial charge in [0.25, 0.3) is 6.43 Å². The van der Waals surface area contributed by atoms with Gasteiger partial charge < -0.3 is 5.11 Å². The van der Waals surface area contributed by atoms with Crippen LogP contribution in [0.1, 0.15) is 31.4 Å². The maximum atomic E-state index is 13.4. The minimum absolute atomic E-state index is 0.245. The smallest absolute Gasteiger partial charge is 0.263 e. The van der Waals surface area contributed by atoms with Crippen LogP contribution < -0.4 is 0 Å². The average molecular weight is 236 g/mol. The van der Waals surface area contributed by atoms with Gasteiger partial charge in [-0.1, -0.05) is 13.8 Å². The van der Waals surface area contributed by atoms with Crippen LogP contribution in [0, 0.1) is 11.6 Å². The maximum Gasteiger partial charge on any atom is 0.263 e. The molecule has 0 spiro atoms. The number of aliphatic hydroxyl groups excluding tert-OH is 1. The van der Waals surface area contributed by atoms with Crippen molar-refractivity contribution < 1.29 is 22.7 Å². The highest BCUT2D eigenvalue weighted by molar-refractivity contribution is 5.32. The lowest BCUT2D eigenvalue weighted by Crippen LogP contribution is -2.24. The van der Waals surface area contributed by atoms with E-state index in [1.165, 1.54) is 13.8 Å². The zero-order valence-corrected chi connectivity index (χ0v) is 8.90. The van der Waals surface area contributed by atoms with Gasteiger partial charge in [0.15, 0.2) is 11.6 Å². The van der Waals surface area contributed by atoms with E-state index in [0.717, 1.165) is 6.07 Å². The fraction of sp³-hybridized carbons (Fsp3) is 0.455. The fourth-order valence-electron chi connectivity index (χ4n) is 1.31. The van der Waals surface area contributed by atoms with Crippen LogP contribution in [-0.4, -0.2) is 11.7 Å². The summed E-state index contributed by atoms with van der Waals surface area (Å²) in [4.78, 5) is 0. The second kappa shape index (κ2) is 4.41. The highest BCUT2D eigenvalue weighted by Crippen LogP contribution is 2.31. The van der Waals surface area contributed by atoms with Gasteiger partial charge in [0.1, 0.15) is 0 Å². The summed E-state index contributed by atoms with van der Waals surface area (Å²) in [6.07, 6.45) is -2.87. The standard InChI is InChI=1S/C11H12F4O/c1-11(2,5-16)7-3-6(10(14)15)4-8(12)9(7)13/h3-4,10,16H,5H2,1-2H3. The molecule has 16 heavy (non-hydrogen) atoms. The number of alkyl halides is 2. The van der Waals surface area contributed by atoms with E-state index in [9.17, 15) is 17.6 Å². The lowest BCUT2D eigenvalue weighted by atomic mass is 9.84. The lowest BCUT2D eigenvalue weighted by molar-refractivity contribution is 0.150. The average Bonchev–Trinajstić information content (AvgIpc) is 2.21. The molecular weight excluding hydrogens is 224 g/mol. The molecule has 0 heterocycles. The molecule has 5 heteroatoms. The second-order valence-corrected chi connectivity index (χ2v) is 4.21. The van der Waals surface area contributed by atoms with Gasteiger partial charge in [0, 0.05) is 11.0 Å². The van der Waals surface area contributed by atoms with Crippen LogP contribution in [0.3, 0.4) is 0 Å². The Balaban J connectivity index is 3.38. The Kier molecular flexibility index (Phi) is 3.57. The summed E-state index contributed by atoms with van der Waals surface area (Å²) in [6.45, 7) is 2.43. The summed E-state index contributed by atoms with van der Waals surface area (Å²) in [5.41, 5.74) is -1.93. The minimum Gasteiger partial charge on any atom is -0.395 e. The summed E-state index contributed by atoms with van der Waals surface area (Å²) in [7, 11) is 0. The Bertz CT molecular complexity index is 388. The third-order valence-electron chi connectivity index (χ3n) is 2.43. The van der Waals surface area contributed by atoms with E-state index in [4.69, 9.17) is 5.11 Å². The predicted molar refractivity (Wildman–Crippen MR) is 51.4 cm³/mol. The molecule has 0 bridgehead atoms. The van der Waals surface area contributed by atoms with Gasteiger partial charge in [-0.3, -0.25) is 0 Å². The van der Waals surface area contributed by atoms with Gasteiger partial charge >= 0.3 is 0 Å². The summed E-state index contributed by atoms with van der Waals surface area (Å²) in [6, 6.07) is 1.36. The number of halogens is 4. The van der Waals surface area contributed by atoms with Crippen LogP contribution in [0.15, 0.2) is 12.1 Å². The first kappa shape index (κ1) is 13.0. The first-order chi connectivity index (χ1) is 7.29. The molecule has 0 radical (unpaired) electrons. The van der Waals surface area contributed by atoms with Crippen molar-refractivity contribution in [3.05, 3.63) is 34.9 Å². The van der Waals surface area contributed by atoms with Crippen molar-refractivity contribution in [2.45, 2.75) is 25.7 Å². The molecule has 1 nitrogen and oxygen atoms in total. The van der Waals surface area contributed by atoms with Gasteiger partial charge in [-0.15, -0.1) is 0 Å². The Labute approximate surface area is 90.7 Å². The van der Waals surface area contributed by atoms with E-state index in [2.05, 4.69) is 0 Å². The van der Waals surface area contributed by atoms with Crippen LogP contribution in [0.2, 0.25) is 0 Å². The molecule has 1 N–H and O–H groups in total. The Morgan fingerprint density at radius 3 is 2.25 bits per heavy atom. The van der Waals surface area contributed by atoms with Crippen molar-refractivity contribution in [3.8, 4) is 0 Å². The number of hydrogen-bond donors (Lipinski definition) is 1. The molecule has 90 valence electrons. The number of rotatable bonds is 3. The minimum atomic E-state index is -2.87. The predicted octanol–water partition coefficient (Wildman–Crippen LogP) is 3.17. The molecule has 0 saturated heterocycles. The van der Waals surface area contributed by atoms with Crippen molar-refractivity contribution in [1.29, 1.82) is 0 Å². The second-order valence-electron chi connectivity index (χ2n) is 4.21. The van der Waals surface area contributed by atoms with Crippen LogP contribution in [0.5, 0.6) is 0 Å². The topological polar surface area (TPSA) is 20.2 Å². The molecule has 0 aliphatic heterocycles. The zero-order valence-electron chi connectivity index (χ0n) is 8.90.